The molecule has 27 heavy (non-hydrogen) atoms. The summed E-state index contributed by atoms with van der Waals surface area (Å²) in [4.78, 5) is 12.6. The van der Waals surface area contributed by atoms with Gasteiger partial charge in [-0.2, -0.15) is 0 Å². The summed E-state index contributed by atoms with van der Waals surface area (Å²) in [5.41, 5.74) is 2.14. The predicted octanol–water partition coefficient (Wildman–Crippen LogP) is 1.78. The van der Waals surface area contributed by atoms with Crippen LogP contribution in [0.1, 0.15) is 22.3 Å². The summed E-state index contributed by atoms with van der Waals surface area (Å²) >= 11 is 0. The van der Waals surface area contributed by atoms with E-state index >= 15 is 0 Å². The van der Waals surface area contributed by atoms with E-state index in [1.165, 1.54) is 10.4 Å². The van der Waals surface area contributed by atoms with Crippen molar-refractivity contribution in [2.24, 2.45) is 5.92 Å². The number of para-hydroxylation sites is 1. The Balaban J connectivity index is 1.58. The van der Waals surface area contributed by atoms with E-state index in [0.29, 0.717) is 24.6 Å². The van der Waals surface area contributed by atoms with Crippen LogP contribution in [0.15, 0.2) is 53.4 Å². The molecule has 2 aliphatic heterocycles. The van der Waals surface area contributed by atoms with Crippen LogP contribution < -0.4 is 14.9 Å². The molecular weight excluding hydrogens is 362 g/mol. The third-order valence-electron chi connectivity index (χ3n) is 5.17. The van der Waals surface area contributed by atoms with E-state index in [0.717, 1.165) is 37.2 Å². The predicted molar refractivity (Wildman–Crippen MR) is 104 cm³/mol. The maximum Gasteiger partial charge on any atom is 0.264 e. The molecule has 4 rings (SSSR count). The fourth-order valence-corrected chi connectivity index (χ4v) is 5.09. The zero-order chi connectivity index (χ0) is 18.9. The van der Waals surface area contributed by atoms with Crippen molar-refractivity contribution >= 4 is 21.6 Å². The maximum absolute atomic E-state index is 13.2. The number of nitrogens with one attached hydrogen (secondary N) is 2. The molecule has 0 spiro atoms. The van der Waals surface area contributed by atoms with Gasteiger partial charge in [-0.15, -0.1) is 0 Å². The number of carbonyl (C=O) groups is 1. The van der Waals surface area contributed by atoms with Gasteiger partial charge in [0.2, 0.25) is 0 Å². The lowest BCUT2D eigenvalue weighted by Gasteiger charge is -2.30. The first kappa shape index (κ1) is 18.0. The molecule has 0 atom stereocenters. The number of rotatable bonds is 5. The summed E-state index contributed by atoms with van der Waals surface area (Å²) in [6.45, 7) is 2.86. The van der Waals surface area contributed by atoms with Crippen LogP contribution in [-0.2, 0) is 16.4 Å². The molecule has 142 valence electrons. The Hall–Kier alpha value is -2.38. The molecule has 2 aromatic carbocycles. The average Bonchev–Trinajstić information content (AvgIpc) is 2.66. The SMILES string of the molecule is O=C(NCC1CNC1)c1cccc(S(=O)(=O)N2CCCc3ccccc32)c1. The molecule has 1 saturated heterocycles. The van der Waals surface area contributed by atoms with Gasteiger partial charge in [0, 0.05) is 37.7 Å². The minimum absolute atomic E-state index is 0.150. The summed E-state index contributed by atoms with van der Waals surface area (Å²) < 4.78 is 27.9. The van der Waals surface area contributed by atoms with Gasteiger partial charge in [0.05, 0.1) is 10.6 Å². The molecule has 6 nitrogen and oxygen atoms in total. The molecule has 1 fully saturated rings. The van der Waals surface area contributed by atoms with E-state index in [4.69, 9.17) is 0 Å². The number of carbonyl (C=O) groups excluding carboxylic acids is 1. The molecule has 2 N–H and O–H groups in total. The van der Waals surface area contributed by atoms with Crippen molar-refractivity contribution < 1.29 is 13.2 Å². The van der Waals surface area contributed by atoms with Gasteiger partial charge in [-0.25, -0.2) is 8.42 Å². The first-order valence-electron chi connectivity index (χ1n) is 9.25. The third kappa shape index (κ3) is 3.57. The Kier molecular flexibility index (Phi) is 4.88. The molecule has 7 heteroatoms. The second-order valence-corrected chi connectivity index (χ2v) is 8.93. The van der Waals surface area contributed by atoms with Crippen LogP contribution in [0.5, 0.6) is 0 Å². The van der Waals surface area contributed by atoms with Crippen molar-refractivity contribution in [3.63, 3.8) is 0 Å². The number of nitrogens with zero attached hydrogens (tertiary/aromatic N) is 1. The lowest BCUT2D eigenvalue weighted by molar-refractivity contribution is 0.0942. The molecule has 0 saturated carbocycles. The van der Waals surface area contributed by atoms with E-state index in [9.17, 15) is 13.2 Å². The fourth-order valence-electron chi connectivity index (χ4n) is 3.51. The Morgan fingerprint density at radius 3 is 2.74 bits per heavy atom. The highest BCUT2D eigenvalue weighted by Crippen LogP contribution is 2.31. The summed E-state index contributed by atoms with van der Waals surface area (Å²) in [5, 5.41) is 6.05. The van der Waals surface area contributed by atoms with E-state index in [1.807, 2.05) is 24.3 Å². The average molecular weight is 385 g/mol. The third-order valence-corrected chi connectivity index (χ3v) is 6.98. The van der Waals surface area contributed by atoms with Crippen molar-refractivity contribution in [1.29, 1.82) is 0 Å². The highest BCUT2D eigenvalue weighted by atomic mass is 32.2. The van der Waals surface area contributed by atoms with Gasteiger partial charge >= 0.3 is 0 Å². The number of hydrogen-bond acceptors (Lipinski definition) is 4. The van der Waals surface area contributed by atoms with Gasteiger partial charge in [0.15, 0.2) is 0 Å². The minimum atomic E-state index is -3.71. The van der Waals surface area contributed by atoms with Crippen LogP contribution in [0.2, 0.25) is 0 Å². The minimum Gasteiger partial charge on any atom is -0.352 e. The standard InChI is InChI=1S/C20H23N3O3S/c24-20(22-14-15-12-21-13-15)17-6-3-8-18(11-17)27(25,26)23-10-4-7-16-5-1-2-9-19(16)23/h1-3,5-6,8-9,11,15,21H,4,7,10,12-14H2,(H,22,24). The zero-order valence-corrected chi connectivity index (χ0v) is 15.8. The molecule has 0 aromatic heterocycles. The van der Waals surface area contributed by atoms with Crippen LogP contribution >= 0.6 is 0 Å². The first-order valence-corrected chi connectivity index (χ1v) is 10.7. The maximum atomic E-state index is 13.2. The van der Waals surface area contributed by atoms with Gasteiger partial charge in [-0.3, -0.25) is 9.10 Å². The molecule has 2 heterocycles. The topological polar surface area (TPSA) is 78.5 Å². The number of hydrogen-bond donors (Lipinski definition) is 2. The number of sulfonamides is 1. The van der Waals surface area contributed by atoms with Gasteiger partial charge in [-0.05, 0) is 42.7 Å². The zero-order valence-electron chi connectivity index (χ0n) is 15.0. The van der Waals surface area contributed by atoms with Crippen LogP contribution in [-0.4, -0.2) is 40.5 Å². The van der Waals surface area contributed by atoms with Crippen LogP contribution in [0.3, 0.4) is 0 Å². The van der Waals surface area contributed by atoms with Crippen molar-refractivity contribution in [2.75, 3.05) is 30.5 Å². The number of anilines is 1. The van der Waals surface area contributed by atoms with Gasteiger partial charge < -0.3 is 10.6 Å². The first-order chi connectivity index (χ1) is 13.1. The fraction of sp³-hybridized carbons (Fsp3) is 0.350. The summed E-state index contributed by atoms with van der Waals surface area (Å²) in [7, 11) is -3.71. The molecule has 0 aliphatic carbocycles. The molecule has 2 aromatic rings. The van der Waals surface area contributed by atoms with E-state index < -0.39 is 10.0 Å². The van der Waals surface area contributed by atoms with Gasteiger partial charge in [0.25, 0.3) is 15.9 Å². The van der Waals surface area contributed by atoms with E-state index in [1.54, 1.807) is 18.2 Å². The lowest BCUT2D eigenvalue weighted by Crippen LogP contribution is -2.48. The smallest absolute Gasteiger partial charge is 0.264 e. The van der Waals surface area contributed by atoms with Crippen LogP contribution in [0, 0.1) is 5.92 Å². The van der Waals surface area contributed by atoms with Crippen LogP contribution in [0.4, 0.5) is 5.69 Å². The number of fused-ring (bicyclic) bond motifs is 1. The van der Waals surface area contributed by atoms with Crippen molar-refractivity contribution in [3.05, 3.63) is 59.7 Å². The molecular formula is C20H23N3O3S. The normalized spacial score (nSPS) is 17.1. The summed E-state index contributed by atoms with van der Waals surface area (Å²) in [6, 6.07) is 13.9. The van der Waals surface area contributed by atoms with Gasteiger partial charge in [0.1, 0.15) is 0 Å². The Labute approximate surface area is 159 Å². The number of amides is 1. The monoisotopic (exact) mass is 385 g/mol. The molecule has 0 bridgehead atoms. The molecule has 0 radical (unpaired) electrons. The summed E-state index contributed by atoms with van der Waals surface area (Å²) in [5.74, 6) is 0.212. The number of benzene rings is 2. The highest BCUT2D eigenvalue weighted by molar-refractivity contribution is 7.92. The van der Waals surface area contributed by atoms with Crippen molar-refractivity contribution in [2.45, 2.75) is 17.7 Å². The highest BCUT2D eigenvalue weighted by Gasteiger charge is 2.29. The van der Waals surface area contributed by atoms with Crippen molar-refractivity contribution in [3.8, 4) is 0 Å². The largest absolute Gasteiger partial charge is 0.352 e. The van der Waals surface area contributed by atoms with E-state index in [2.05, 4.69) is 10.6 Å². The second-order valence-electron chi connectivity index (χ2n) is 7.07. The van der Waals surface area contributed by atoms with E-state index in [-0.39, 0.29) is 10.8 Å². The molecule has 0 unspecified atom stereocenters. The quantitative estimate of drug-likeness (QED) is 0.822. The Bertz CT molecular complexity index is 954. The Morgan fingerprint density at radius 2 is 1.96 bits per heavy atom. The Morgan fingerprint density at radius 1 is 1.15 bits per heavy atom. The number of aryl methyl sites for hydroxylation is 1. The van der Waals surface area contributed by atoms with Gasteiger partial charge in [-0.1, -0.05) is 24.3 Å². The molecule has 1 amide bonds. The van der Waals surface area contributed by atoms with Crippen molar-refractivity contribution in [1.82, 2.24) is 10.6 Å². The lowest BCUT2D eigenvalue weighted by atomic mass is 10.0. The second kappa shape index (κ2) is 7.32. The van der Waals surface area contributed by atoms with Crippen LogP contribution in [0.25, 0.3) is 0 Å². The summed E-state index contributed by atoms with van der Waals surface area (Å²) in [6.07, 6.45) is 1.66. The molecule has 2 aliphatic rings.